The number of nitrogens with one attached hydrogen (secondary N) is 1. The van der Waals surface area contributed by atoms with Crippen LogP contribution >= 0.6 is 0 Å². The van der Waals surface area contributed by atoms with E-state index < -0.39 is 0 Å². The van der Waals surface area contributed by atoms with Gasteiger partial charge < -0.3 is 15.0 Å². The van der Waals surface area contributed by atoms with Gasteiger partial charge in [0, 0.05) is 17.1 Å². The fraction of sp³-hybridized carbons (Fsp3) is 0.692. The van der Waals surface area contributed by atoms with Crippen molar-refractivity contribution in [1.82, 2.24) is 4.90 Å². The Hall–Kier alpha value is -2.04. The van der Waals surface area contributed by atoms with Crippen molar-refractivity contribution in [3.63, 3.8) is 0 Å². The molecule has 0 radical (unpaired) electrons. The van der Waals surface area contributed by atoms with E-state index in [4.69, 9.17) is 4.74 Å². The Morgan fingerprint density at radius 2 is 1.81 bits per heavy atom. The number of nitrogens with zero attached hydrogens (tertiary/aromatic N) is 1. The molecule has 1 N–H and O–H groups in total. The summed E-state index contributed by atoms with van der Waals surface area (Å²) in [6.45, 7) is 8.93. The Bertz CT molecular complexity index is 830. The molecular weight excluding hydrogens is 388 g/mol. The second-order valence-electron chi connectivity index (χ2n) is 10.8. The molecule has 5 nitrogen and oxygen atoms in total. The number of amides is 2. The molecule has 3 saturated carbocycles. The lowest BCUT2D eigenvalue weighted by atomic mass is 9.70. The first-order valence-electron chi connectivity index (χ1n) is 12.0. The standard InChI is InChI=1S/C26H38N2O3/c1-18-10-8-9-13-21(18)27-24(30)28(20-11-6-5-7-12-20)17-23(29)31-22-16-19-14-15-26(22,4)25(19,2)3/h8-10,13,19-20,22H,5-7,11-12,14-17H2,1-4H3,(H,27,30)/t19-,22+,26+/m0/s1. The predicted octanol–water partition coefficient (Wildman–Crippen LogP) is 5.92. The highest BCUT2D eigenvalue weighted by molar-refractivity contribution is 5.92. The van der Waals surface area contributed by atoms with Gasteiger partial charge >= 0.3 is 12.0 Å². The SMILES string of the molecule is Cc1ccccc1NC(=O)N(CC(=O)O[C@@H]1C[C@@H]2CC[C@@]1(C)C2(C)C)C1CCCCC1. The molecule has 0 heterocycles. The maximum absolute atomic E-state index is 13.2. The highest BCUT2D eigenvalue weighted by atomic mass is 16.5. The zero-order valence-corrected chi connectivity index (χ0v) is 19.6. The van der Waals surface area contributed by atoms with Crippen LogP contribution in [0.4, 0.5) is 10.5 Å². The van der Waals surface area contributed by atoms with E-state index in [9.17, 15) is 9.59 Å². The summed E-state index contributed by atoms with van der Waals surface area (Å²) < 4.78 is 6.07. The quantitative estimate of drug-likeness (QED) is 0.595. The second-order valence-corrected chi connectivity index (χ2v) is 10.8. The molecule has 0 spiro atoms. The number of benzene rings is 1. The summed E-state index contributed by atoms with van der Waals surface area (Å²) in [6, 6.07) is 7.66. The number of carbonyl (C=O) groups is 2. The molecule has 5 heteroatoms. The molecule has 0 saturated heterocycles. The van der Waals surface area contributed by atoms with Crippen molar-refractivity contribution in [3.05, 3.63) is 29.8 Å². The van der Waals surface area contributed by atoms with E-state index >= 15 is 0 Å². The van der Waals surface area contributed by atoms with Crippen LogP contribution in [0.15, 0.2) is 24.3 Å². The van der Waals surface area contributed by atoms with Crippen LogP contribution < -0.4 is 5.32 Å². The molecule has 2 bridgehead atoms. The van der Waals surface area contributed by atoms with Gasteiger partial charge in [-0.3, -0.25) is 4.79 Å². The topological polar surface area (TPSA) is 58.6 Å². The monoisotopic (exact) mass is 426 g/mol. The number of rotatable bonds is 5. The Balaban J connectivity index is 1.45. The van der Waals surface area contributed by atoms with Crippen LogP contribution in [-0.4, -0.2) is 35.6 Å². The van der Waals surface area contributed by atoms with Gasteiger partial charge in [0.05, 0.1) is 0 Å². The third-order valence-corrected chi connectivity index (χ3v) is 8.95. The van der Waals surface area contributed by atoms with Crippen molar-refractivity contribution in [3.8, 4) is 0 Å². The second kappa shape index (κ2) is 8.48. The Morgan fingerprint density at radius 3 is 2.42 bits per heavy atom. The molecule has 3 fully saturated rings. The van der Waals surface area contributed by atoms with Gasteiger partial charge in [0.2, 0.25) is 0 Å². The average Bonchev–Trinajstić information content (AvgIpc) is 3.08. The summed E-state index contributed by atoms with van der Waals surface area (Å²) in [7, 11) is 0. The Kier molecular flexibility index (Phi) is 6.06. The molecule has 2 amide bonds. The molecule has 31 heavy (non-hydrogen) atoms. The first kappa shape index (κ1) is 22.2. The highest BCUT2D eigenvalue weighted by Crippen LogP contribution is 2.66. The average molecular weight is 427 g/mol. The van der Waals surface area contributed by atoms with E-state index in [0.29, 0.717) is 5.92 Å². The highest BCUT2D eigenvalue weighted by Gasteiger charge is 2.62. The van der Waals surface area contributed by atoms with Crippen molar-refractivity contribution >= 4 is 17.7 Å². The number of esters is 1. The zero-order chi connectivity index (χ0) is 22.2. The summed E-state index contributed by atoms with van der Waals surface area (Å²) in [6.07, 6.45) is 8.55. The molecule has 3 aliphatic carbocycles. The van der Waals surface area contributed by atoms with Crippen LogP contribution in [0.5, 0.6) is 0 Å². The molecule has 0 aliphatic heterocycles. The number of anilines is 1. The number of aryl methyl sites for hydroxylation is 1. The maximum atomic E-state index is 13.2. The first-order chi connectivity index (χ1) is 14.7. The summed E-state index contributed by atoms with van der Waals surface area (Å²) >= 11 is 0. The summed E-state index contributed by atoms with van der Waals surface area (Å²) in [4.78, 5) is 28.0. The van der Waals surface area contributed by atoms with Crippen LogP contribution in [-0.2, 0) is 9.53 Å². The summed E-state index contributed by atoms with van der Waals surface area (Å²) in [5.41, 5.74) is 2.04. The number of para-hydroxylation sites is 1. The lowest BCUT2D eigenvalue weighted by Crippen LogP contribution is -2.48. The normalized spacial score (nSPS) is 29.5. The van der Waals surface area contributed by atoms with Crippen LogP contribution in [0.3, 0.4) is 0 Å². The largest absolute Gasteiger partial charge is 0.460 e. The number of ether oxygens (including phenoxy) is 1. The van der Waals surface area contributed by atoms with Crippen molar-refractivity contribution in [2.24, 2.45) is 16.7 Å². The minimum Gasteiger partial charge on any atom is -0.460 e. The molecule has 0 unspecified atom stereocenters. The lowest BCUT2D eigenvalue weighted by Gasteiger charge is -2.39. The van der Waals surface area contributed by atoms with Gasteiger partial charge in [-0.1, -0.05) is 58.2 Å². The van der Waals surface area contributed by atoms with Crippen LogP contribution in [0.1, 0.15) is 77.7 Å². The van der Waals surface area contributed by atoms with Crippen LogP contribution in [0.25, 0.3) is 0 Å². The Morgan fingerprint density at radius 1 is 1.10 bits per heavy atom. The van der Waals surface area contributed by atoms with Crippen LogP contribution in [0, 0.1) is 23.7 Å². The maximum Gasteiger partial charge on any atom is 0.326 e. The van der Waals surface area contributed by atoms with Gasteiger partial charge in [0.15, 0.2) is 0 Å². The van der Waals surface area contributed by atoms with Gasteiger partial charge in [-0.05, 0) is 62.0 Å². The number of urea groups is 1. The van der Waals surface area contributed by atoms with Crippen molar-refractivity contribution in [2.45, 2.75) is 91.2 Å². The lowest BCUT2D eigenvalue weighted by molar-refractivity contribution is -0.158. The van der Waals surface area contributed by atoms with E-state index in [1.807, 2.05) is 31.2 Å². The van der Waals surface area contributed by atoms with E-state index in [1.165, 1.54) is 12.8 Å². The predicted molar refractivity (Wildman–Crippen MR) is 123 cm³/mol. The molecule has 3 aliphatic rings. The van der Waals surface area contributed by atoms with Crippen molar-refractivity contribution < 1.29 is 14.3 Å². The molecule has 3 atom stereocenters. The van der Waals surface area contributed by atoms with Gasteiger partial charge in [-0.25, -0.2) is 4.79 Å². The van der Waals surface area contributed by atoms with E-state index in [1.54, 1.807) is 4.90 Å². The van der Waals surface area contributed by atoms with E-state index in [2.05, 4.69) is 26.1 Å². The third kappa shape index (κ3) is 4.08. The minimum atomic E-state index is -0.264. The number of fused-ring (bicyclic) bond motifs is 2. The number of hydrogen-bond acceptors (Lipinski definition) is 3. The van der Waals surface area contributed by atoms with E-state index in [-0.39, 0.29) is 41.5 Å². The fourth-order valence-electron chi connectivity index (χ4n) is 6.30. The number of carbonyl (C=O) groups excluding carboxylic acids is 2. The minimum absolute atomic E-state index is 0.0278. The zero-order valence-electron chi connectivity index (χ0n) is 19.6. The fourth-order valence-corrected chi connectivity index (χ4v) is 6.30. The molecule has 170 valence electrons. The van der Waals surface area contributed by atoms with Crippen LogP contribution in [0.2, 0.25) is 0 Å². The molecule has 0 aromatic heterocycles. The smallest absolute Gasteiger partial charge is 0.326 e. The van der Waals surface area contributed by atoms with Gasteiger partial charge in [0.1, 0.15) is 12.6 Å². The summed E-state index contributed by atoms with van der Waals surface area (Å²) in [5, 5.41) is 3.03. The first-order valence-corrected chi connectivity index (χ1v) is 12.0. The van der Waals surface area contributed by atoms with Gasteiger partial charge in [-0.2, -0.15) is 0 Å². The van der Waals surface area contributed by atoms with Gasteiger partial charge in [-0.15, -0.1) is 0 Å². The van der Waals surface area contributed by atoms with Gasteiger partial charge in [0.25, 0.3) is 0 Å². The molecule has 1 aromatic carbocycles. The molecule has 4 rings (SSSR count). The molecule has 1 aromatic rings. The number of hydrogen-bond donors (Lipinski definition) is 1. The molecular formula is C26H38N2O3. The summed E-state index contributed by atoms with van der Waals surface area (Å²) in [5.74, 6) is 0.356. The third-order valence-electron chi connectivity index (χ3n) is 8.95. The van der Waals surface area contributed by atoms with Crippen molar-refractivity contribution in [2.75, 3.05) is 11.9 Å². The van der Waals surface area contributed by atoms with Crippen molar-refractivity contribution in [1.29, 1.82) is 0 Å². The Labute approximate surface area is 186 Å². The van der Waals surface area contributed by atoms with E-state index in [0.717, 1.165) is 49.8 Å².